The lowest BCUT2D eigenvalue weighted by Gasteiger charge is -2.31. The van der Waals surface area contributed by atoms with E-state index in [4.69, 9.17) is 5.26 Å². The molecule has 1 fully saturated rings. The highest BCUT2D eigenvalue weighted by Crippen LogP contribution is 2.49. The molecule has 0 heterocycles. The van der Waals surface area contributed by atoms with E-state index >= 15 is 0 Å². The Hall–Kier alpha value is -3.33. The van der Waals surface area contributed by atoms with Gasteiger partial charge in [0.2, 0.25) is 5.91 Å². The minimum atomic E-state index is -0.767. The average molecular weight is 448 g/mol. The van der Waals surface area contributed by atoms with Gasteiger partial charge in [-0.05, 0) is 59.6 Å². The van der Waals surface area contributed by atoms with Crippen molar-refractivity contribution in [1.29, 1.82) is 5.26 Å². The zero-order chi connectivity index (χ0) is 24.1. The molecule has 0 aliphatic heterocycles. The van der Waals surface area contributed by atoms with Crippen LogP contribution in [0.1, 0.15) is 56.7 Å². The molecule has 33 heavy (non-hydrogen) atoms. The maximum absolute atomic E-state index is 12.9. The Morgan fingerprint density at radius 1 is 1.09 bits per heavy atom. The summed E-state index contributed by atoms with van der Waals surface area (Å²) in [7, 11) is 0. The van der Waals surface area contributed by atoms with Crippen LogP contribution >= 0.6 is 0 Å². The van der Waals surface area contributed by atoms with E-state index in [9.17, 15) is 14.7 Å². The first-order chi connectivity index (χ1) is 15.7. The van der Waals surface area contributed by atoms with Crippen molar-refractivity contribution in [1.82, 2.24) is 0 Å². The molecule has 6 nitrogen and oxygen atoms in total. The fourth-order valence-corrected chi connectivity index (χ4v) is 4.23. The lowest BCUT2D eigenvalue weighted by Crippen LogP contribution is -2.32. The number of amides is 1. The highest BCUT2D eigenvalue weighted by atomic mass is 16.4. The van der Waals surface area contributed by atoms with Gasteiger partial charge in [-0.3, -0.25) is 9.59 Å². The topological polar surface area (TPSA) is 93.4 Å². The van der Waals surface area contributed by atoms with Crippen LogP contribution in [-0.2, 0) is 16.0 Å². The van der Waals surface area contributed by atoms with Crippen LogP contribution in [0, 0.1) is 29.1 Å². The molecule has 174 valence electrons. The van der Waals surface area contributed by atoms with Crippen molar-refractivity contribution in [3.8, 4) is 6.07 Å². The lowest BCUT2D eigenvalue weighted by molar-refractivity contribution is -0.138. The Bertz CT molecular complexity index is 1030. The molecule has 1 saturated carbocycles. The number of hydrogen-bond donors (Lipinski definition) is 2. The van der Waals surface area contributed by atoms with Gasteiger partial charge in [-0.2, -0.15) is 5.26 Å². The van der Waals surface area contributed by atoms with Gasteiger partial charge in [0.25, 0.3) is 0 Å². The molecule has 0 aromatic heterocycles. The van der Waals surface area contributed by atoms with Gasteiger partial charge in [0.15, 0.2) is 0 Å². The van der Waals surface area contributed by atoms with Crippen LogP contribution in [-0.4, -0.2) is 30.1 Å². The third-order valence-corrected chi connectivity index (χ3v) is 5.79. The smallest absolute Gasteiger partial charge is 0.307 e. The van der Waals surface area contributed by atoms with E-state index in [2.05, 4.69) is 44.0 Å². The normalized spacial score (nSPS) is 17.0. The monoisotopic (exact) mass is 447 g/mol. The summed E-state index contributed by atoms with van der Waals surface area (Å²) >= 11 is 0. The van der Waals surface area contributed by atoms with E-state index in [0.717, 1.165) is 35.6 Å². The lowest BCUT2D eigenvalue weighted by atomic mass is 10.0. The number of carboxylic acids is 1. The zero-order valence-corrected chi connectivity index (χ0v) is 19.8. The van der Waals surface area contributed by atoms with Gasteiger partial charge in [0.1, 0.15) is 0 Å². The number of rotatable bonds is 10. The van der Waals surface area contributed by atoms with Crippen molar-refractivity contribution in [2.24, 2.45) is 17.8 Å². The molecular weight excluding hydrogens is 414 g/mol. The first-order valence-electron chi connectivity index (χ1n) is 11.6. The van der Waals surface area contributed by atoms with Crippen LogP contribution < -0.4 is 10.2 Å². The van der Waals surface area contributed by atoms with Crippen LogP contribution in [0.25, 0.3) is 0 Å². The highest BCUT2D eigenvalue weighted by molar-refractivity contribution is 5.96. The fraction of sp³-hybridized carbons (Fsp3) is 0.444. The Morgan fingerprint density at radius 2 is 1.73 bits per heavy atom. The number of nitriles is 1. The van der Waals surface area contributed by atoms with Gasteiger partial charge in [-0.1, -0.05) is 45.9 Å². The molecule has 0 bridgehead atoms. The zero-order valence-electron chi connectivity index (χ0n) is 19.8. The molecule has 6 heteroatoms. The summed E-state index contributed by atoms with van der Waals surface area (Å²) in [6.45, 7) is 10.4. The molecule has 2 aromatic rings. The minimum absolute atomic E-state index is 0.00521. The van der Waals surface area contributed by atoms with E-state index in [-0.39, 0.29) is 24.2 Å². The summed E-state index contributed by atoms with van der Waals surface area (Å²) < 4.78 is 0. The van der Waals surface area contributed by atoms with Gasteiger partial charge >= 0.3 is 5.97 Å². The summed E-state index contributed by atoms with van der Waals surface area (Å²) in [6, 6.07) is 15.1. The molecule has 0 radical (unpaired) electrons. The Kier molecular flexibility index (Phi) is 7.75. The molecule has 2 atom stereocenters. The Morgan fingerprint density at radius 3 is 2.24 bits per heavy atom. The van der Waals surface area contributed by atoms with Gasteiger partial charge in [0, 0.05) is 13.1 Å². The van der Waals surface area contributed by atoms with Crippen LogP contribution in [0.4, 0.5) is 11.4 Å². The molecule has 2 N–H and O–H groups in total. The number of anilines is 2. The largest absolute Gasteiger partial charge is 0.481 e. The summed E-state index contributed by atoms with van der Waals surface area (Å²) in [6.07, 6.45) is 0.833. The second-order valence-electron chi connectivity index (χ2n) is 9.79. The van der Waals surface area contributed by atoms with Crippen molar-refractivity contribution in [3.05, 3.63) is 59.2 Å². The second-order valence-corrected chi connectivity index (χ2v) is 9.79. The molecule has 0 saturated heterocycles. The summed E-state index contributed by atoms with van der Waals surface area (Å²) in [5, 5.41) is 21.4. The number of hydrogen-bond acceptors (Lipinski definition) is 4. The first-order valence-corrected chi connectivity index (χ1v) is 11.6. The van der Waals surface area contributed by atoms with Crippen LogP contribution in [0.3, 0.4) is 0 Å². The summed E-state index contributed by atoms with van der Waals surface area (Å²) in [5.74, 6) is -0.361. The van der Waals surface area contributed by atoms with Gasteiger partial charge in [-0.25, -0.2) is 0 Å². The predicted molar refractivity (Wildman–Crippen MR) is 130 cm³/mol. The number of carbonyl (C=O) groups excluding carboxylic acids is 1. The average Bonchev–Trinajstić information content (AvgIpc) is 3.54. The molecule has 2 aromatic carbocycles. The number of nitrogens with one attached hydrogen (secondary N) is 1. The third-order valence-electron chi connectivity index (χ3n) is 5.79. The minimum Gasteiger partial charge on any atom is -0.481 e. The van der Waals surface area contributed by atoms with Crippen LogP contribution in [0.15, 0.2) is 42.5 Å². The molecule has 3 rings (SSSR count). The van der Waals surface area contributed by atoms with Crippen LogP contribution in [0.5, 0.6) is 0 Å². The van der Waals surface area contributed by atoms with Gasteiger partial charge in [-0.15, -0.1) is 0 Å². The van der Waals surface area contributed by atoms with Crippen molar-refractivity contribution < 1.29 is 14.7 Å². The Labute approximate surface area is 196 Å². The maximum Gasteiger partial charge on any atom is 0.307 e. The van der Waals surface area contributed by atoms with E-state index < -0.39 is 5.97 Å². The van der Waals surface area contributed by atoms with Crippen LogP contribution in [0.2, 0.25) is 0 Å². The molecular formula is C27H33N3O3. The number of carboxylic acid groups (broad SMARTS) is 1. The van der Waals surface area contributed by atoms with Crippen molar-refractivity contribution in [2.75, 3.05) is 23.3 Å². The van der Waals surface area contributed by atoms with E-state index in [1.807, 2.05) is 18.2 Å². The number of aliphatic carboxylic acids is 1. The van der Waals surface area contributed by atoms with Crippen molar-refractivity contribution in [3.63, 3.8) is 0 Å². The predicted octanol–water partition coefficient (Wildman–Crippen LogP) is 5.05. The molecule has 0 spiro atoms. The second kappa shape index (κ2) is 10.5. The van der Waals surface area contributed by atoms with Crippen molar-refractivity contribution >= 4 is 23.3 Å². The first kappa shape index (κ1) is 24.3. The quantitative estimate of drug-likeness (QED) is 0.532. The summed E-state index contributed by atoms with van der Waals surface area (Å²) in [5.41, 5.74) is 4.03. The number of nitrogens with zero attached hydrogens (tertiary/aromatic N) is 2. The van der Waals surface area contributed by atoms with Crippen molar-refractivity contribution in [2.45, 2.75) is 46.5 Å². The Balaban J connectivity index is 1.88. The third kappa shape index (κ3) is 6.58. The van der Waals surface area contributed by atoms with E-state index in [1.54, 1.807) is 24.3 Å². The summed E-state index contributed by atoms with van der Waals surface area (Å²) in [4.78, 5) is 26.6. The molecule has 1 amide bonds. The molecule has 0 unspecified atom stereocenters. The van der Waals surface area contributed by atoms with Gasteiger partial charge < -0.3 is 15.3 Å². The highest BCUT2D eigenvalue weighted by Gasteiger charge is 2.44. The van der Waals surface area contributed by atoms with E-state index in [0.29, 0.717) is 23.8 Å². The van der Waals surface area contributed by atoms with E-state index in [1.165, 1.54) is 0 Å². The molecule has 1 aliphatic carbocycles. The number of benzene rings is 2. The molecule has 1 aliphatic rings. The standard InChI is InChI=1S/C27H33N3O3/c1-17(2)15-30(16-18(3)4)25-10-9-21(22-13-23(22)27(32)33)12-24(25)29-26(31)11-19-5-7-20(14-28)8-6-19/h5-10,12,17-18,22-23H,11,13,15-16H2,1-4H3,(H,29,31)(H,32,33)/t22-,23-/m1/s1. The maximum atomic E-state index is 12.9. The van der Waals surface area contributed by atoms with Gasteiger partial charge in [0.05, 0.1) is 35.3 Å². The SMILES string of the molecule is CC(C)CN(CC(C)C)c1ccc([C@H]2C[C@H]2C(=O)O)cc1NC(=O)Cc1ccc(C#N)cc1. The number of carbonyl (C=O) groups is 2. The fourth-order valence-electron chi connectivity index (χ4n) is 4.23.